The summed E-state index contributed by atoms with van der Waals surface area (Å²) in [7, 11) is 3.62. The number of carbonyl (C=O) groups is 2. The molecule has 2 fully saturated rings. The average molecular weight is 545 g/mol. The Morgan fingerprint density at radius 2 is 1.87 bits per heavy atom. The van der Waals surface area contributed by atoms with E-state index in [1.54, 1.807) is 7.11 Å². The Hall–Kier alpha value is -2.16. The fraction of sp³-hybridized carbons (Fsp3) is 0.742. The summed E-state index contributed by atoms with van der Waals surface area (Å²) in [6.07, 6.45) is 8.03. The van der Waals surface area contributed by atoms with E-state index in [0.29, 0.717) is 37.8 Å². The Kier molecular flexibility index (Phi) is 13.0. The molecule has 2 aliphatic rings. The van der Waals surface area contributed by atoms with Gasteiger partial charge in [-0.25, -0.2) is 0 Å². The molecule has 8 nitrogen and oxygen atoms in total. The summed E-state index contributed by atoms with van der Waals surface area (Å²) in [6.45, 7) is 10.9. The smallest absolute Gasteiger partial charge is 0.254 e. The second-order valence-electron chi connectivity index (χ2n) is 11.6. The zero-order valence-corrected chi connectivity index (χ0v) is 25.0. The van der Waals surface area contributed by atoms with Crippen molar-refractivity contribution in [1.82, 2.24) is 20.4 Å². The third-order valence-electron chi connectivity index (χ3n) is 8.30. The Bertz CT molecular complexity index is 903. The number of benzene rings is 1. The van der Waals surface area contributed by atoms with E-state index in [2.05, 4.69) is 31.4 Å². The summed E-state index contributed by atoms with van der Waals surface area (Å²) in [5.41, 5.74) is 1.75. The number of hydrogen-bond donors (Lipinski definition) is 2. The van der Waals surface area contributed by atoms with Crippen LogP contribution in [0.2, 0.25) is 0 Å². The van der Waals surface area contributed by atoms with E-state index in [0.717, 1.165) is 43.8 Å². The van der Waals surface area contributed by atoms with E-state index in [1.807, 2.05) is 35.0 Å². The first-order valence-corrected chi connectivity index (χ1v) is 15.1. The van der Waals surface area contributed by atoms with E-state index >= 15 is 0 Å². The van der Waals surface area contributed by atoms with Gasteiger partial charge in [-0.2, -0.15) is 0 Å². The number of carbonyl (C=O) groups excluding carboxylic acids is 2. The number of likely N-dealkylation sites (N-methyl/N-ethyl adjacent to an activating group) is 1. The minimum absolute atomic E-state index is 0.0170. The van der Waals surface area contributed by atoms with Crippen LogP contribution in [0, 0.1) is 11.8 Å². The van der Waals surface area contributed by atoms with Crippen LogP contribution in [0.3, 0.4) is 0 Å². The van der Waals surface area contributed by atoms with Crippen LogP contribution in [0.4, 0.5) is 0 Å². The van der Waals surface area contributed by atoms with E-state index in [1.165, 1.54) is 32.1 Å². The minimum atomic E-state index is 0.0170. The van der Waals surface area contributed by atoms with Gasteiger partial charge in [0, 0.05) is 76.9 Å². The highest BCUT2D eigenvalue weighted by Gasteiger charge is 2.32. The third kappa shape index (κ3) is 9.47. The lowest BCUT2D eigenvalue weighted by Gasteiger charge is -2.32. The monoisotopic (exact) mass is 544 g/mol. The normalized spacial score (nSPS) is 19.8. The molecular formula is C31H52N4O4. The van der Waals surface area contributed by atoms with Crippen molar-refractivity contribution in [1.29, 1.82) is 0 Å². The summed E-state index contributed by atoms with van der Waals surface area (Å²) >= 11 is 0. The number of nitrogens with one attached hydrogen (secondary N) is 2. The standard InChI is InChI=1S/C31H52N4O4/c1-6-25-13-14-26(17-29(25)39-16-10-15-38-5)31(37)35(23(2)3)22-27-18-32-19-28(27)33-20-30(36)34(4)21-24-11-8-7-9-12-24/h13-14,17,23-24,27-28,32-33H,6-12,15-16,18-22H2,1-5H3/t27-,28+/m0/s1. The molecule has 0 radical (unpaired) electrons. The molecule has 0 aromatic heterocycles. The molecule has 1 aliphatic carbocycles. The molecule has 1 aliphatic heterocycles. The van der Waals surface area contributed by atoms with Crippen LogP contribution >= 0.6 is 0 Å². The summed E-state index contributed by atoms with van der Waals surface area (Å²) in [5, 5.41) is 6.97. The second kappa shape index (κ2) is 16.2. The number of methoxy groups -OCH3 is 1. The van der Waals surface area contributed by atoms with Gasteiger partial charge in [-0.05, 0) is 56.7 Å². The summed E-state index contributed by atoms with van der Waals surface area (Å²) in [6, 6.07) is 6.02. The van der Waals surface area contributed by atoms with Gasteiger partial charge in [0.15, 0.2) is 0 Å². The molecule has 0 unspecified atom stereocenters. The summed E-state index contributed by atoms with van der Waals surface area (Å²) in [4.78, 5) is 30.4. The van der Waals surface area contributed by atoms with Crippen LogP contribution < -0.4 is 15.4 Å². The predicted octanol–water partition coefficient (Wildman–Crippen LogP) is 3.73. The maximum atomic E-state index is 13.7. The van der Waals surface area contributed by atoms with Gasteiger partial charge in [-0.1, -0.05) is 32.3 Å². The van der Waals surface area contributed by atoms with Crippen molar-refractivity contribution in [2.75, 3.05) is 60.1 Å². The Balaban J connectivity index is 1.58. The van der Waals surface area contributed by atoms with E-state index < -0.39 is 0 Å². The maximum Gasteiger partial charge on any atom is 0.254 e. The first kappa shape index (κ1) is 31.4. The van der Waals surface area contributed by atoms with Crippen molar-refractivity contribution in [3.05, 3.63) is 29.3 Å². The van der Waals surface area contributed by atoms with Crippen LogP contribution in [0.25, 0.3) is 0 Å². The topological polar surface area (TPSA) is 83.1 Å². The van der Waals surface area contributed by atoms with Gasteiger partial charge in [0.2, 0.25) is 5.91 Å². The first-order chi connectivity index (χ1) is 18.8. The average Bonchev–Trinajstić information content (AvgIpc) is 3.39. The molecule has 39 heavy (non-hydrogen) atoms. The van der Waals surface area contributed by atoms with E-state index in [4.69, 9.17) is 9.47 Å². The Morgan fingerprint density at radius 1 is 1.10 bits per heavy atom. The molecule has 1 aromatic carbocycles. The minimum Gasteiger partial charge on any atom is -0.493 e. The number of aryl methyl sites for hydroxylation is 1. The molecule has 1 aromatic rings. The van der Waals surface area contributed by atoms with Gasteiger partial charge in [0.05, 0.1) is 13.2 Å². The molecular weight excluding hydrogens is 492 g/mol. The predicted molar refractivity (Wildman–Crippen MR) is 156 cm³/mol. The largest absolute Gasteiger partial charge is 0.493 e. The van der Waals surface area contributed by atoms with Crippen LogP contribution in [0.1, 0.15) is 75.2 Å². The number of hydrogen-bond acceptors (Lipinski definition) is 6. The fourth-order valence-electron chi connectivity index (χ4n) is 5.82. The summed E-state index contributed by atoms with van der Waals surface area (Å²) < 4.78 is 11.2. The first-order valence-electron chi connectivity index (χ1n) is 15.1. The fourth-order valence-corrected chi connectivity index (χ4v) is 5.82. The highest BCUT2D eigenvalue weighted by Crippen LogP contribution is 2.25. The molecule has 0 bridgehead atoms. The quantitative estimate of drug-likeness (QED) is 0.328. The van der Waals surface area contributed by atoms with Crippen LogP contribution in [-0.4, -0.2) is 93.8 Å². The van der Waals surface area contributed by atoms with Gasteiger partial charge in [-0.3, -0.25) is 9.59 Å². The van der Waals surface area contributed by atoms with Gasteiger partial charge >= 0.3 is 0 Å². The van der Waals surface area contributed by atoms with Crippen molar-refractivity contribution in [3.63, 3.8) is 0 Å². The van der Waals surface area contributed by atoms with E-state index in [-0.39, 0.29) is 29.8 Å². The van der Waals surface area contributed by atoms with Crippen molar-refractivity contribution >= 4 is 11.8 Å². The summed E-state index contributed by atoms with van der Waals surface area (Å²) in [5.74, 6) is 1.82. The van der Waals surface area contributed by atoms with Gasteiger partial charge < -0.3 is 29.9 Å². The lowest BCUT2D eigenvalue weighted by Crippen LogP contribution is -2.48. The molecule has 1 heterocycles. The van der Waals surface area contributed by atoms with E-state index in [9.17, 15) is 9.59 Å². The number of nitrogens with zero attached hydrogens (tertiary/aromatic N) is 2. The number of amides is 2. The maximum absolute atomic E-state index is 13.7. The molecule has 1 saturated carbocycles. The molecule has 2 amide bonds. The van der Waals surface area contributed by atoms with Crippen molar-refractivity contribution < 1.29 is 19.1 Å². The lowest BCUT2D eigenvalue weighted by molar-refractivity contribution is -0.129. The zero-order chi connectivity index (χ0) is 28.2. The van der Waals surface area contributed by atoms with Crippen LogP contribution in [0.5, 0.6) is 5.75 Å². The van der Waals surface area contributed by atoms with Gasteiger partial charge in [0.25, 0.3) is 5.91 Å². The van der Waals surface area contributed by atoms with Crippen molar-refractivity contribution in [3.8, 4) is 5.75 Å². The number of rotatable bonds is 15. The highest BCUT2D eigenvalue weighted by atomic mass is 16.5. The Morgan fingerprint density at radius 3 is 2.56 bits per heavy atom. The van der Waals surface area contributed by atoms with Crippen LogP contribution in [0.15, 0.2) is 18.2 Å². The van der Waals surface area contributed by atoms with Crippen LogP contribution in [-0.2, 0) is 16.0 Å². The number of ether oxygens (including phenoxy) is 2. The molecule has 1 saturated heterocycles. The molecule has 2 N–H and O–H groups in total. The highest BCUT2D eigenvalue weighted by molar-refractivity contribution is 5.95. The zero-order valence-electron chi connectivity index (χ0n) is 25.0. The Labute approximate surface area is 236 Å². The lowest BCUT2D eigenvalue weighted by atomic mass is 9.89. The molecule has 2 atom stereocenters. The van der Waals surface area contributed by atoms with Crippen molar-refractivity contribution in [2.45, 2.75) is 77.8 Å². The molecule has 0 spiro atoms. The van der Waals surface area contributed by atoms with Gasteiger partial charge in [0.1, 0.15) is 5.75 Å². The molecule has 220 valence electrons. The third-order valence-corrected chi connectivity index (χ3v) is 8.30. The van der Waals surface area contributed by atoms with Crippen molar-refractivity contribution in [2.24, 2.45) is 11.8 Å². The SMILES string of the molecule is CCc1ccc(C(=O)N(C[C@@H]2CNC[C@H]2NCC(=O)N(C)CC2CCCCC2)C(C)C)cc1OCCCOC. The second-order valence-corrected chi connectivity index (χ2v) is 11.6. The molecule has 8 heteroatoms. The van der Waals surface area contributed by atoms with Gasteiger partial charge in [-0.15, -0.1) is 0 Å². The molecule has 3 rings (SSSR count).